The van der Waals surface area contributed by atoms with Crippen molar-refractivity contribution in [3.05, 3.63) is 120 Å². The average molecular weight is 415 g/mol. The van der Waals surface area contributed by atoms with Crippen LogP contribution in [-0.4, -0.2) is 18.8 Å². The van der Waals surface area contributed by atoms with Crippen LogP contribution in [0.1, 0.15) is 23.1 Å². The SMILES string of the molecule is C1=C[C@@H](OCc2ccccc2)[C@H](OCc2ccccc2)[C@H](COCc2ccccc2)C1. The van der Waals surface area contributed by atoms with Crippen LogP contribution in [0.2, 0.25) is 0 Å². The van der Waals surface area contributed by atoms with Gasteiger partial charge in [-0.2, -0.15) is 0 Å². The first-order chi connectivity index (χ1) is 15.4. The summed E-state index contributed by atoms with van der Waals surface area (Å²) in [6, 6.07) is 30.9. The molecule has 0 fully saturated rings. The Morgan fingerprint density at radius 2 is 1.13 bits per heavy atom. The summed E-state index contributed by atoms with van der Waals surface area (Å²) in [6.07, 6.45) is 5.13. The van der Waals surface area contributed by atoms with Crippen molar-refractivity contribution in [3.8, 4) is 0 Å². The van der Waals surface area contributed by atoms with Gasteiger partial charge in [-0.25, -0.2) is 0 Å². The number of hydrogen-bond acceptors (Lipinski definition) is 3. The summed E-state index contributed by atoms with van der Waals surface area (Å²) in [6.45, 7) is 2.39. The summed E-state index contributed by atoms with van der Waals surface area (Å²) in [5, 5.41) is 0. The van der Waals surface area contributed by atoms with Gasteiger partial charge in [0.15, 0.2) is 0 Å². The zero-order valence-electron chi connectivity index (χ0n) is 17.8. The molecule has 0 heterocycles. The maximum absolute atomic E-state index is 6.43. The maximum Gasteiger partial charge on any atom is 0.103 e. The van der Waals surface area contributed by atoms with Gasteiger partial charge >= 0.3 is 0 Å². The molecule has 0 radical (unpaired) electrons. The standard InChI is InChI=1S/C28H30O3/c1-4-11-23(12-5-1)19-29-22-26-17-10-18-27(30-20-24-13-6-2-7-14-24)28(26)31-21-25-15-8-3-9-16-25/h1-16,18,26-28H,17,19-22H2/t26-,27+,28+/m0/s1. The van der Waals surface area contributed by atoms with E-state index in [0.717, 1.165) is 6.42 Å². The molecule has 4 rings (SSSR count). The number of rotatable bonds is 10. The van der Waals surface area contributed by atoms with Crippen molar-refractivity contribution in [2.24, 2.45) is 5.92 Å². The Morgan fingerprint density at radius 1 is 0.613 bits per heavy atom. The van der Waals surface area contributed by atoms with E-state index in [4.69, 9.17) is 14.2 Å². The minimum absolute atomic E-state index is 0.0512. The second-order valence-electron chi connectivity index (χ2n) is 7.95. The smallest absolute Gasteiger partial charge is 0.103 e. The fraction of sp³-hybridized carbons (Fsp3) is 0.286. The molecule has 0 spiro atoms. The van der Waals surface area contributed by atoms with Crippen LogP contribution < -0.4 is 0 Å². The second-order valence-corrected chi connectivity index (χ2v) is 7.95. The fourth-order valence-electron chi connectivity index (χ4n) is 3.88. The van der Waals surface area contributed by atoms with E-state index in [9.17, 15) is 0 Å². The summed E-state index contributed by atoms with van der Waals surface area (Å²) < 4.78 is 18.8. The van der Waals surface area contributed by atoms with Gasteiger partial charge in [0.25, 0.3) is 0 Å². The summed E-state index contributed by atoms with van der Waals surface area (Å²) in [4.78, 5) is 0. The molecule has 1 aliphatic carbocycles. The van der Waals surface area contributed by atoms with Gasteiger partial charge in [-0.3, -0.25) is 0 Å². The molecular weight excluding hydrogens is 384 g/mol. The fourth-order valence-corrected chi connectivity index (χ4v) is 3.88. The molecule has 3 aromatic carbocycles. The first kappa shape index (κ1) is 21.5. The molecule has 0 aliphatic heterocycles. The minimum atomic E-state index is -0.0945. The number of hydrogen-bond donors (Lipinski definition) is 0. The normalized spacial score (nSPS) is 20.6. The zero-order chi connectivity index (χ0) is 21.1. The second kappa shape index (κ2) is 11.6. The molecule has 1 aliphatic rings. The van der Waals surface area contributed by atoms with Crippen molar-refractivity contribution in [3.63, 3.8) is 0 Å². The van der Waals surface area contributed by atoms with Crippen molar-refractivity contribution in [1.29, 1.82) is 0 Å². The Labute approximate surface area is 185 Å². The Hall–Kier alpha value is -2.72. The first-order valence-electron chi connectivity index (χ1n) is 11.0. The topological polar surface area (TPSA) is 27.7 Å². The molecule has 0 bridgehead atoms. The maximum atomic E-state index is 6.43. The third kappa shape index (κ3) is 6.63. The van der Waals surface area contributed by atoms with Gasteiger partial charge in [-0.1, -0.05) is 103 Å². The van der Waals surface area contributed by atoms with E-state index in [0.29, 0.717) is 26.4 Å². The molecule has 3 atom stereocenters. The van der Waals surface area contributed by atoms with Crippen molar-refractivity contribution in [2.45, 2.75) is 38.4 Å². The van der Waals surface area contributed by atoms with Crippen LogP contribution in [0.5, 0.6) is 0 Å². The third-order valence-corrected chi connectivity index (χ3v) is 5.57. The summed E-state index contributed by atoms with van der Waals surface area (Å²) in [7, 11) is 0. The molecule has 0 unspecified atom stereocenters. The monoisotopic (exact) mass is 414 g/mol. The van der Waals surface area contributed by atoms with Gasteiger partial charge in [-0.05, 0) is 23.1 Å². The van der Waals surface area contributed by atoms with E-state index < -0.39 is 0 Å². The molecule has 3 aromatic rings. The Morgan fingerprint density at radius 3 is 1.71 bits per heavy atom. The molecule has 0 aromatic heterocycles. The summed E-state index contributed by atoms with van der Waals surface area (Å²) in [5.41, 5.74) is 3.52. The van der Waals surface area contributed by atoms with E-state index in [1.807, 2.05) is 54.6 Å². The lowest BCUT2D eigenvalue weighted by Gasteiger charge is -2.34. The van der Waals surface area contributed by atoms with Crippen LogP contribution in [-0.2, 0) is 34.0 Å². The van der Waals surface area contributed by atoms with E-state index in [1.165, 1.54) is 16.7 Å². The van der Waals surface area contributed by atoms with Crippen molar-refractivity contribution >= 4 is 0 Å². The summed E-state index contributed by atoms with van der Waals surface area (Å²) in [5.74, 6) is 0.248. The van der Waals surface area contributed by atoms with Gasteiger partial charge in [0.2, 0.25) is 0 Å². The third-order valence-electron chi connectivity index (χ3n) is 5.57. The van der Waals surface area contributed by atoms with E-state index in [2.05, 4.69) is 48.6 Å². The van der Waals surface area contributed by atoms with Crippen LogP contribution in [0, 0.1) is 5.92 Å². The average Bonchev–Trinajstić information content (AvgIpc) is 2.84. The van der Waals surface area contributed by atoms with E-state index >= 15 is 0 Å². The lowest BCUT2D eigenvalue weighted by atomic mass is 9.89. The Bertz CT molecular complexity index is 909. The highest BCUT2D eigenvalue weighted by Gasteiger charge is 2.32. The quantitative estimate of drug-likeness (QED) is 0.384. The highest BCUT2D eigenvalue weighted by Crippen LogP contribution is 2.27. The Balaban J connectivity index is 1.39. The van der Waals surface area contributed by atoms with Crippen LogP contribution in [0.4, 0.5) is 0 Å². The zero-order valence-corrected chi connectivity index (χ0v) is 17.8. The molecule has 3 heteroatoms. The van der Waals surface area contributed by atoms with Gasteiger partial charge < -0.3 is 14.2 Å². The number of benzene rings is 3. The highest BCUT2D eigenvalue weighted by molar-refractivity contribution is 5.16. The molecular formula is C28H30O3. The Kier molecular flexibility index (Phi) is 8.06. The lowest BCUT2D eigenvalue weighted by molar-refractivity contribution is -0.109. The van der Waals surface area contributed by atoms with Crippen LogP contribution >= 0.6 is 0 Å². The molecule has 0 saturated carbocycles. The van der Waals surface area contributed by atoms with Gasteiger partial charge in [0.05, 0.1) is 32.5 Å². The van der Waals surface area contributed by atoms with Gasteiger partial charge in [0, 0.05) is 5.92 Å². The molecule has 160 valence electrons. The minimum Gasteiger partial charge on any atom is -0.376 e. The van der Waals surface area contributed by atoms with E-state index in [1.54, 1.807) is 0 Å². The molecule has 0 N–H and O–H groups in total. The molecule has 3 nitrogen and oxygen atoms in total. The predicted octanol–water partition coefficient (Wildman–Crippen LogP) is 5.95. The molecule has 31 heavy (non-hydrogen) atoms. The number of allylic oxidation sites excluding steroid dienone is 1. The van der Waals surface area contributed by atoms with Crippen molar-refractivity contribution < 1.29 is 14.2 Å². The highest BCUT2D eigenvalue weighted by atomic mass is 16.5. The van der Waals surface area contributed by atoms with Crippen molar-refractivity contribution in [2.75, 3.05) is 6.61 Å². The van der Waals surface area contributed by atoms with Crippen LogP contribution in [0.25, 0.3) is 0 Å². The van der Waals surface area contributed by atoms with Crippen molar-refractivity contribution in [1.82, 2.24) is 0 Å². The predicted molar refractivity (Wildman–Crippen MR) is 123 cm³/mol. The van der Waals surface area contributed by atoms with Gasteiger partial charge in [0.1, 0.15) is 6.10 Å². The van der Waals surface area contributed by atoms with Crippen LogP contribution in [0.3, 0.4) is 0 Å². The lowest BCUT2D eigenvalue weighted by Crippen LogP contribution is -2.41. The van der Waals surface area contributed by atoms with Gasteiger partial charge in [-0.15, -0.1) is 0 Å². The molecule has 0 amide bonds. The van der Waals surface area contributed by atoms with Crippen LogP contribution in [0.15, 0.2) is 103 Å². The summed E-state index contributed by atoms with van der Waals surface area (Å²) >= 11 is 0. The van der Waals surface area contributed by atoms with E-state index in [-0.39, 0.29) is 18.1 Å². The molecule has 0 saturated heterocycles. The number of ether oxygens (including phenoxy) is 3. The largest absolute Gasteiger partial charge is 0.376 e. The first-order valence-corrected chi connectivity index (χ1v) is 11.0.